The van der Waals surface area contributed by atoms with Gasteiger partial charge < -0.3 is 10.6 Å². The van der Waals surface area contributed by atoms with Gasteiger partial charge in [0.2, 0.25) is 5.91 Å². The zero-order valence-corrected chi connectivity index (χ0v) is 7.77. The number of imide groups is 1. The highest BCUT2D eigenvalue weighted by Crippen LogP contribution is 2.55. The van der Waals surface area contributed by atoms with Crippen molar-refractivity contribution in [1.82, 2.24) is 10.2 Å². The van der Waals surface area contributed by atoms with Crippen molar-refractivity contribution in [3.05, 3.63) is 0 Å². The molecule has 76 valence electrons. The summed E-state index contributed by atoms with van der Waals surface area (Å²) < 4.78 is 0. The Morgan fingerprint density at radius 1 is 1.36 bits per heavy atom. The molecule has 2 bridgehead atoms. The van der Waals surface area contributed by atoms with Crippen LogP contribution in [0.25, 0.3) is 0 Å². The van der Waals surface area contributed by atoms with Crippen LogP contribution in [-0.2, 0) is 4.79 Å². The Morgan fingerprint density at radius 2 is 2.07 bits per heavy atom. The lowest BCUT2D eigenvalue weighted by molar-refractivity contribution is -0.134. The van der Waals surface area contributed by atoms with Gasteiger partial charge >= 0.3 is 6.03 Å². The Morgan fingerprint density at radius 3 is 2.57 bits per heavy atom. The normalized spacial score (nSPS) is 45.4. The fourth-order valence-electron chi connectivity index (χ4n) is 2.78. The van der Waals surface area contributed by atoms with E-state index in [0.717, 1.165) is 6.42 Å². The summed E-state index contributed by atoms with van der Waals surface area (Å²) in [6, 6.07) is 0.386. The van der Waals surface area contributed by atoms with E-state index in [2.05, 4.69) is 5.32 Å². The van der Waals surface area contributed by atoms with Crippen LogP contribution in [-0.4, -0.2) is 35.5 Å². The van der Waals surface area contributed by atoms with Gasteiger partial charge in [0.25, 0.3) is 0 Å². The number of rotatable bonds is 1. The first-order chi connectivity index (χ1) is 6.68. The highest BCUT2D eigenvalue weighted by atomic mass is 16.2. The molecule has 1 heterocycles. The van der Waals surface area contributed by atoms with Crippen molar-refractivity contribution in [3.63, 3.8) is 0 Å². The SMILES string of the molecule is NC1C2CC1C2N1CCC(=O)NC1=O. The Kier molecular flexibility index (Phi) is 1.45. The number of carbonyl (C=O) groups excluding carboxylic acids is 2. The summed E-state index contributed by atoms with van der Waals surface area (Å²) in [5, 5.41) is 2.34. The zero-order valence-electron chi connectivity index (χ0n) is 7.77. The molecular formula is C9H13N3O2. The lowest BCUT2D eigenvalue weighted by Gasteiger charge is -2.66. The van der Waals surface area contributed by atoms with Crippen molar-refractivity contribution in [1.29, 1.82) is 0 Å². The van der Waals surface area contributed by atoms with Crippen molar-refractivity contribution in [3.8, 4) is 0 Å². The van der Waals surface area contributed by atoms with Gasteiger partial charge in [-0.3, -0.25) is 10.1 Å². The van der Waals surface area contributed by atoms with Gasteiger partial charge in [-0.1, -0.05) is 0 Å². The summed E-state index contributed by atoms with van der Waals surface area (Å²) in [7, 11) is 0. The second kappa shape index (κ2) is 2.48. The predicted octanol–water partition coefficient (Wildman–Crippen LogP) is -0.726. The number of hydrogen-bond acceptors (Lipinski definition) is 3. The van der Waals surface area contributed by atoms with Gasteiger partial charge in [-0.15, -0.1) is 0 Å². The van der Waals surface area contributed by atoms with Gasteiger partial charge in [0.15, 0.2) is 0 Å². The number of nitrogens with two attached hydrogens (primary N) is 1. The molecule has 0 radical (unpaired) electrons. The lowest BCUT2D eigenvalue weighted by atomic mass is 9.48. The number of carbonyl (C=O) groups is 2. The molecule has 0 aromatic heterocycles. The van der Waals surface area contributed by atoms with Crippen LogP contribution in [0.1, 0.15) is 12.8 Å². The maximum Gasteiger partial charge on any atom is 0.324 e. The van der Waals surface area contributed by atoms with Gasteiger partial charge in [0.05, 0.1) is 0 Å². The van der Waals surface area contributed by atoms with Crippen molar-refractivity contribution in [2.75, 3.05) is 6.54 Å². The predicted molar refractivity (Wildman–Crippen MR) is 48.2 cm³/mol. The second-order valence-electron chi connectivity index (χ2n) is 4.43. The maximum absolute atomic E-state index is 11.5. The molecule has 3 aliphatic carbocycles. The third-order valence-electron chi connectivity index (χ3n) is 3.86. The summed E-state index contributed by atoms with van der Waals surface area (Å²) in [6.07, 6.45) is 1.58. The molecule has 2 unspecified atom stereocenters. The van der Waals surface area contributed by atoms with Crippen LogP contribution in [0.4, 0.5) is 4.79 Å². The standard InChI is InChI=1S/C9H13N3O2/c10-7-4-3-5(7)8(4)12-2-1-6(13)11-9(12)14/h4-5,7-8H,1-3,10H2,(H,11,13,14). The Bertz CT molecular complexity index is 307. The van der Waals surface area contributed by atoms with Crippen LogP contribution in [0.3, 0.4) is 0 Å². The minimum absolute atomic E-state index is 0.163. The molecule has 0 aromatic carbocycles. The van der Waals surface area contributed by atoms with Crippen LogP contribution in [0, 0.1) is 11.8 Å². The molecule has 14 heavy (non-hydrogen) atoms. The first kappa shape index (κ1) is 8.23. The molecular weight excluding hydrogens is 182 g/mol. The van der Waals surface area contributed by atoms with Crippen LogP contribution in [0.2, 0.25) is 0 Å². The van der Waals surface area contributed by atoms with Gasteiger partial charge in [-0.25, -0.2) is 4.79 Å². The zero-order chi connectivity index (χ0) is 9.87. The van der Waals surface area contributed by atoms with E-state index < -0.39 is 0 Å². The molecule has 0 aromatic rings. The minimum Gasteiger partial charge on any atom is -0.327 e. The van der Waals surface area contributed by atoms with Crippen LogP contribution >= 0.6 is 0 Å². The number of nitrogens with zero attached hydrogens (tertiary/aromatic N) is 1. The topological polar surface area (TPSA) is 75.4 Å². The molecule has 4 rings (SSSR count). The van der Waals surface area contributed by atoms with E-state index in [0.29, 0.717) is 36.9 Å². The fraction of sp³-hybridized carbons (Fsp3) is 0.778. The summed E-state index contributed by atoms with van der Waals surface area (Å²) in [6.45, 7) is 0.565. The third kappa shape index (κ3) is 0.829. The van der Waals surface area contributed by atoms with E-state index in [1.807, 2.05) is 0 Å². The number of hydrogen-bond donors (Lipinski definition) is 2. The van der Waals surface area contributed by atoms with E-state index in [4.69, 9.17) is 5.73 Å². The molecule has 0 spiro atoms. The largest absolute Gasteiger partial charge is 0.327 e. The number of amides is 3. The van der Waals surface area contributed by atoms with E-state index in [9.17, 15) is 9.59 Å². The average molecular weight is 195 g/mol. The highest BCUT2D eigenvalue weighted by molar-refractivity contribution is 5.96. The summed E-state index contributed by atoms with van der Waals surface area (Å²) in [5.74, 6) is 0.807. The Hall–Kier alpha value is -1.10. The highest BCUT2D eigenvalue weighted by Gasteiger charge is 2.62. The van der Waals surface area contributed by atoms with E-state index in [-0.39, 0.29) is 11.9 Å². The number of urea groups is 1. The van der Waals surface area contributed by atoms with Crippen molar-refractivity contribution < 1.29 is 9.59 Å². The molecule has 4 fully saturated rings. The molecule has 3 amide bonds. The number of nitrogens with one attached hydrogen (secondary N) is 1. The van der Waals surface area contributed by atoms with Gasteiger partial charge in [0, 0.05) is 25.0 Å². The average Bonchev–Trinajstić information content (AvgIpc) is 2.06. The first-order valence-electron chi connectivity index (χ1n) is 5.04. The quantitative estimate of drug-likeness (QED) is 0.579. The Labute approximate surface area is 81.6 Å². The molecule has 5 heteroatoms. The maximum atomic E-state index is 11.5. The van der Waals surface area contributed by atoms with Gasteiger partial charge in [0.1, 0.15) is 0 Å². The summed E-state index contributed by atoms with van der Waals surface area (Å²) in [4.78, 5) is 24.2. The first-order valence-corrected chi connectivity index (χ1v) is 5.04. The van der Waals surface area contributed by atoms with E-state index in [1.165, 1.54) is 0 Å². The summed E-state index contributed by atoms with van der Waals surface area (Å²) in [5.41, 5.74) is 5.82. The third-order valence-corrected chi connectivity index (χ3v) is 3.86. The molecule has 3 saturated carbocycles. The molecule has 3 N–H and O–H groups in total. The summed E-state index contributed by atoms with van der Waals surface area (Å²) >= 11 is 0. The smallest absolute Gasteiger partial charge is 0.324 e. The van der Waals surface area contributed by atoms with Crippen LogP contribution < -0.4 is 11.1 Å². The fourth-order valence-corrected chi connectivity index (χ4v) is 2.78. The van der Waals surface area contributed by atoms with Crippen LogP contribution in [0.15, 0.2) is 0 Å². The van der Waals surface area contributed by atoms with E-state index in [1.54, 1.807) is 4.90 Å². The molecule has 4 aliphatic rings. The molecule has 5 nitrogen and oxygen atoms in total. The van der Waals surface area contributed by atoms with Gasteiger partial charge in [-0.05, 0) is 18.3 Å². The Balaban J connectivity index is 1.69. The van der Waals surface area contributed by atoms with Crippen molar-refractivity contribution in [2.24, 2.45) is 17.6 Å². The lowest BCUT2D eigenvalue weighted by Crippen LogP contribution is -2.78. The van der Waals surface area contributed by atoms with E-state index >= 15 is 0 Å². The molecule has 2 atom stereocenters. The second-order valence-corrected chi connectivity index (χ2v) is 4.43. The van der Waals surface area contributed by atoms with Gasteiger partial charge in [-0.2, -0.15) is 0 Å². The monoisotopic (exact) mass is 195 g/mol. The molecule has 1 aliphatic heterocycles. The molecule has 1 saturated heterocycles. The van der Waals surface area contributed by atoms with Crippen molar-refractivity contribution >= 4 is 11.9 Å². The van der Waals surface area contributed by atoms with Crippen molar-refractivity contribution in [2.45, 2.75) is 24.9 Å². The van der Waals surface area contributed by atoms with Crippen LogP contribution in [0.5, 0.6) is 0 Å². The minimum atomic E-state index is -0.229.